The molecule has 3 nitrogen and oxygen atoms in total. The monoisotopic (exact) mass is 460 g/mol. The summed E-state index contributed by atoms with van der Waals surface area (Å²) in [6.45, 7) is 21.8. The fourth-order valence-corrected chi connectivity index (χ4v) is 7.32. The third-order valence-corrected chi connectivity index (χ3v) is 8.64. The van der Waals surface area contributed by atoms with Crippen LogP contribution < -0.4 is 5.73 Å². The number of carbonyl (C=O) groups is 1. The molecule has 3 saturated carbocycles. The summed E-state index contributed by atoms with van der Waals surface area (Å²) >= 11 is 0. The van der Waals surface area contributed by atoms with Gasteiger partial charge in [0.1, 0.15) is 6.29 Å². The summed E-state index contributed by atoms with van der Waals surface area (Å²) in [7, 11) is 0. The molecule has 3 fully saturated rings. The van der Waals surface area contributed by atoms with E-state index in [0.717, 1.165) is 42.7 Å². The summed E-state index contributed by atoms with van der Waals surface area (Å²) in [5, 5.41) is 8.28. The normalized spacial score (nSPS) is 35.2. The average Bonchev–Trinajstić information content (AvgIpc) is 3.16. The molecular weight excluding hydrogens is 404 g/mol. The number of carbonyl (C=O) groups excluding carboxylic acids is 1. The van der Waals surface area contributed by atoms with Crippen molar-refractivity contribution in [2.24, 2.45) is 40.2 Å². The highest BCUT2D eigenvalue weighted by Gasteiger charge is 2.58. The van der Waals surface area contributed by atoms with Crippen molar-refractivity contribution in [3.05, 3.63) is 24.3 Å². The molecule has 6 unspecified atom stereocenters. The van der Waals surface area contributed by atoms with Gasteiger partial charge in [-0.1, -0.05) is 72.3 Å². The number of fused-ring (bicyclic) bond motifs is 3. The minimum atomic E-state index is 0.380. The quantitative estimate of drug-likeness (QED) is 0.319. The molecule has 3 aliphatic carbocycles. The summed E-state index contributed by atoms with van der Waals surface area (Å²) in [6.07, 6.45) is 16.8. The van der Waals surface area contributed by atoms with E-state index in [1.165, 1.54) is 58.3 Å². The van der Waals surface area contributed by atoms with Crippen molar-refractivity contribution in [1.29, 1.82) is 5.41 Å². The van der Waals surface area contributed by atoms with Gasteiger partial charge in [-0.05, 0) is 100 Å². The minimum absolute atomic E-state index is 0.380. The first-order valence-electron chi connectivity index (χ1n) is 13.7. The first kappa shape index (κ1) is 31.8. The third-order valence-electron chi connectivity index (χ3n) is 8.64. The van der Waals surface area contributed by atoms with Crippen molar-refractivity contribution < 1.29 is 4.79 Å². The summed E-state index contributed by atoms with van der Waals surface area (Å²) < 4.78 is 0. The Balaban J connectivity index is 0.000000989. The standard InChI is InChI=1S/C23H37N.C3H9N.C2H4O.C2H6/c1-6-8-17-9-10-18-20-12-11-19(16(3)24)23(20,5)15-13-21(18)22(17,4)14-7-2;1-2-3-4;1-2-3;1-2/h6,8,18-21,24H,1,7,9-15H2,2-5H3;2-4H2,1H3;2H,1H3;1-2H3/b17-8-,24-16?;;;. The fourth-order valence-electron chi connectivity index (χ4n) is 7.32. The van der Waals surface area contributed by atoms with Crippen LogP contribution in [0.3, 0.4) is 0 Å². The van der Waals surface area contributed by atoms with Crippen LogP contribution in [0.4, 0.5) is 0 Å². The molecule has 0 bridgehead atoms. The van der Waals surface area contributed by atoms with Crippen LogP contribution >= 0.6 is 0 Å². The van der Waals surface area contributed by atoms with E-state index < -0.39 is 0 Å². The fraction of sp³-hybridized carbons (Fsp3) is 0.800. The molecule has 0 aromatic carbocycles. The molecule has 0 radical (unpaired) electrons. The Morgan fingerprint density at radius 1 is 1.12 bits per heavy atom. The largest absolute Gasteiger partial charge is 0.330 e. The first-order chi connectivity index (χ1) is 15.7. The van der Waals surface area contributed by atoms with Gasteiger partial charge >= 0.3 is 0 Å². The molecule has 0 heterocycles. The highest BCUT2D eigenvalue weighted by atomic mass is 16.1. The zero-order valence-corrected chi connectivity index (χ0v) is 23.3. The second-order valence-electron chi connectivity index (χ2n) is 10.4. The van der Waals surface area contributed by atoms with E-state index in [9.17, 15) is 0 Å². The second kappa shape index (κ2) is 15.6. The van der Waals surface area contributed by atoms with Gasteiger partial charge in [-0.25, -0.2) is 0 Å². The minimum Gasteiger partial charge on any atom is -0.330 e. The van der Waals surface area contributed by atoms with E-state index >= 15 is 0 Å². The number of allylic oxidation sites excluding steroid dienone is 3. The molecule has 0 aromatic heterocycles. The molecule has 192 valence electrons. The summed E-state index contributed by atoms with van der Waals surface area (Å²) in [6, 6.07) is 0. The highest BCUT2D eigenvalue weighted by Crippen LogP contribution is 2.66. The Morgan fingerprint density at radius 3 is 2.15 bits per heavy atom. The van der Waals surface area contributed by atoms with E-state index in [4.69, 9.17) is 15.9 Å². The lowest BCUT2D eigenvalue weighted by Crippen LogP contribution is -2.50. The summed E-state index contributed by atoms with van der Waals surface area (Å²) in [4.78, 5) is 8.81. The average molecular weight is 461 g/mol. The van der Waals surface area contributed by atoms with Gasteiger partial charge in [0.2, 0.25) is 0 Å². The maximum atomic E-state index is 8.81. The predicted molar refractivity (Wildman–Crippen MR) is 147 cm³/mol. The van der Waals surface area contributed by atoms with Gasteiger partial charge in [-0.3, -0.25) is 0 Å². The van der Waals surface area contributed by atoms with E-state index in [2.05, 4.69) is 47.3 Å². The van der Waals surface area contributed by atoms with E-state index in [1.54, 1.807) is 5.57 Å². The molecule has 0 amide bonds. The molecule has 0 spiro atoms. The van der Waals surface area contributed by atoms with Crippen molar-refractivity contribution >= 4 is 12.0 Å². The van der Waals surface area contributed by atoms with Gasteiger partial charge in [-0.15, -0.1) is 0 Å². The van der Waals surface area contributed by atoms with Crippen LogP contribution in [-0.4, -0.2) is 18.5 Å². The van der Waals surface area contributed by atoms with Crippen LogP contribution in [0.2, 0.25) is 0 Å². The van der Waals surface area contributed by atoms with Crippen LogP contribution in [0.15, 0.2) is 24.3 Å². The number of hydrogen-bond acceptors (Lipinski definition) is 3. The van der Waals surface area contributed by atoms with Crippen LogP contribution in [0.1, 0.15) is 113 Å². The molecule has 3 rings (SSSR count). The van der Waals surface area contributed by atoms with Gasteiger partial charge in [0.25, 0.3) is 0 Å². The Hall–Kier alpha value is -1.22. The molecule has 3 aliphatic rings. The summed E-state index contributed by atoms with van der Waals surface area (Å²) in [5.74, 6) is 3.13. The van der Waals surface area contributed by atoms with Gasteiger partial charge in [0, 0.05) is 11.6 Å². The summed E-state index contributed by atoms with van der Waals surface area (Å²) in [5.41, 5.74) is 8.42. The number of nitrogens with one attached hydrogen (secondary N) is 1. The van der Waals surface area contributed by atoms with E-state index in [0.29, 0.717) is 16.7 Å². The number of rotatable bonds is 5. The molecule has 6 atom stereocenters. The lowest BCUT2D eigenvalue weighted by molar-refractivity contribution is -0.106. The zero-order valence-electron chi connectivity index (χ0n) is 23.3. The molecule has 3 heteroatoms. The molecule has 3 N–H and O–H groups in total. The van der Waals surface area contributed by atoms with Crippen molar-refractivity contribution in [2.45, 2.75) is 113 Å². The van der Waals surface area contributed by atoms with Crippen molar-refractivity contribution in [1.82, 2.24) is 0 Å². The predicted octanol–water partition coefficient (Wildman–Crippen LogP) is 8.38. The Kier molecular flexibility index (Phi) is 15.1. The molecule has 0 aromatic rings. The third kappa shape index (κ3) is 7.38. The molecule has 0 aliphatic heterocycles. The lowest BCUT2D eigenvalue weighted by Gasteiger charge is -2.57. The zero-order chi connectivity index (χ0) is 25.7. The topological polar surface area (TPSA) is 66.9 Å². The van der Waals surface area contributed by atoms with Crippen molar-refractivity contribution in [2.75, 3.05) is 6.54 Å². The van der Waals surface area contributed by atoms with Gasteiger partial charge < -0.3 is 15.9 Å². The smallest absolute Gasteiger partial charge is 0.116 e. The number of aldehydes is 1. The number of hydrogen-bond donors (Lipinski definition) is 2. The first-order valence-corrected chi connectivity index (χ1v) is 13.7. The van der Waals surface area contributed by atoms with E-state index in [1.807, 2.05) is 19.9 Å². The highest BCUT2D eigenvalue weighted by molar-refractivity contribution is 5.82. The van der Waals surface area contributed by atoms with Crippen LogP contribution in [0, 0.1) is 39.9 Å². The van der Waals surface area contributed by atoms with Crippen LogP contribution in [0.5, 0.6) is 0 Å². The van der Waals surface area contributed by atoms with Crippen molar-refractivity contribution in [3.63, 3.8) is 0 Å². The lowest BCUT2D eigenvalue weighted by atomic mass is 9.47. The maximum Gasteiger partial charge on any atom is 0.116 e. The Bertz CT molecular complexity index is 623. The van der Waals surface area contributed by atoms with Gasteiger partial charge in [0.15, 0.2) is 0 Å². The second-order valence-corrected chi connectivity index (χ2v) is 10.4. The number of nitrogens with two attached hydrogens (primary N) is 1. The molecule has 33 heavy (non-hydrogen) atoms. The van der Waals surface area contributed by atoms with Crippen LogP contribution in [0.25, 0.3) is 0 Å². The maximum absolute atomic E-state index is 8.81. The Labute approximate surface area is 206 Å². The SMILES string of the molecule is C=C/C=C1/CCC2C(CCC3(C)C(C(C)=N)CCC23)C1(C)CCC.CC.CC=O.CCCN. The van der Waals surface area contributed by atoms with E-state index in [-0.39, 0.29) is 0 Å². The van der Waals surface area contributed by atoms with Crippen molar-refractivity contribution in [3.8, 4) is 0 Å². The van der Waals surface area contributed by atoms with Gasteiger partial charge in [0.05, 0.1) is 0 Å². The molecular formula is C30H56N2O. The Morgan fingerprint density at radius 2 is 1.70 bits per heavy atom. The molecule has 0 saturated heterocycles. The van der Waals surface area contributed by atoms with Crippen LogP contribution in [-0.2, 0) is 4.79 Å². The van der Waals surface area contributed by atoms with Gasteiger partial charge in [-0.2, -0.15) is 0 Å².